The lowest BCUT2D eigenvalue weighted by Gasteiger charge is -2.27. The lowest BCUT2D eigenvalue weighted by atomic mass is 9.81. The van der Waals surface area contributed by atoms with E-state index in [4.69, 9.17) is 18.9 Å². The quantitative estimate of drug-likeness (QED) is 0.130. The lowest BCUT2D eigenvalue weighted by Crippen LogP contribution is -2.16. The van der Waals surface area contributed by atoms with Crippen LogP contribution in [0, 0.1) is 0 Å². The largest absolute Gasteiger partial charge is 0.493 e. The highest BCUT2D eigenvalue weighted by molar-refractivity contribution is 5.58. The Morgan fingerprint density at radius 1 is 0.385 bits per heavy atom. The predicted octanol–water partition coefficient (Wildman–Crippen LogP) is 12.1. The van der Waals surface area contributed by atoms with Gasteiger partial charge in [-0.05, 0) is 92.1 Å². The minimum absolute atomic E-state index is 0.0389. The normalized spacial score (nSPS) is 13.1. The fourth-order valence-corrected chi connectivity index (χ4v) is 7.11. The summed E-state index contributed by atoms with van der Waals surface area (Å²) in [5.74, 6) is 3.97. The molecule has 8 bridgehead atoms. The zero-order valence-corrected chi connectivity index (χ0v) is 33.9. The maximum atomic E-state index is 6.75. The van der Waals surface area contributed by atoms with Crippen LogP contribution in [0.25, 0.3) is 0 Å². The van der Waals surface area contributed by atoms with Gasteiger partial charge in [0.05, 0.1) is 26.4 Å². The molecule has 0 fully saturated rings. The number of ether oxygens (including phenoxy) is 4. The van der Waals surface area contributed by atoms with Crippen molar-refractivity contribution >= 4 is 0 Å². The summed E-state index contributed by atoms with van der Waals surface area (Å²) >= 11 is 0. The fourth-order valence-electron chi connectivity index (χ4n) is 7.11. The third-order valence-corrected chi connectivity index (χ3v) is 9.90. The van der Waals surface area contributed by atoms with Gasteiger partial charge in [-0.3, -0.25) is 0 Å². The monoisotopic (exact) mass is 704 g/mol. The summed E-state index contributed by atoms with van der Waals surface area (Å²) in [4.78, 5) is 0. The molecule has 52 heavy (non-hydrogen) atoms. The van der Waals surface area contributed by atoms with Crippen LogP contribution in [0.3, 0.4) is 0 Å². The van der Waals surface area contributed by atoms with Crippen LogP contribution in [0.4, 0.5) is 0 Å². The molecule has 0 N–H and O–H groups in total. The molecule has 0 amide bonds. The smallest absolute Gasteiger partial charge is 0.126 e. The first-order chi connectivity index (χ1) is 24.9. The summed E-state index contributed by atoms with van der Waals surface area (Å²) in [5, 5.41) is 0. The Bertz CT molecular complexity index is 1580. The number of benzene rings is 4. The first-order valence-corrected chi connectivity index (χ1v) is 19.9. The van der Waals surface area contributed by atoms with Crippen LogP contribution in [-0.2, 0) is 36.5 Å². The predicted molar refractivity (Wildman–Crippen MR) is 218 cm³/mol. The minimum Gasteiger partial charge on any atom is -0.493 e. The molecule has 0 unspecified atom stereocenters. The summed E-state index contributed by atoms with van der Waals surface area (Å²) < 4.78 is 27.0. The van der Waals surface area contributed by atoms with Crippen molar-refractivity contribution in [2.45, 2.75) is 131 Å². The molecule has 0 saturated carbocycles. The van der Waals surface area contributed by atoms with Gasteiger partial charge in [-0.1, -0.05) is 130 Å². The van der Waals surface area contributed by atoms with Crippen LogP contribution >= 0.6 is 0 Å². The van der Waals surface area contributed by atoms with Crippen molar-refractivity contribution in [3.8, 4) is 23.0 Å². The molecule has 0 spiro atoms. The van der Waals surface area contributed by atoms with Gasteiger partial charge >= 0.3 is 0 Å². The van der Waals surface area contributed by atoms with Gasteiger partial charge in [0.25, 0.3) is 0 Å². The van der Waals surface area contributed by atoms with Crippen LogP contribution in [0.2, 0.25) is 0 Å². The van der Waals surface area contributed by atoms with Crippen LogP contribution in [0.1, 0.15) is 151 Å². The molecule has 0 aromatic heterocycles. The van der Waals surface area contributed by atoms with E-state index in [0.29, 0.717) is 52.1 Å². The van der Waals surface area contributed by atoms with Crippen molar-refractivity contribution in [1.29, 1.82) is 0 Å². The molecule has 1 aliphatic rings. The highest BCUT2D eigenvalue weighted by Gasteiger charge is 2.26. The second kappa shape index (κ2) is 17.3. The standard InChI is InChI=1S/C48H64O4/c1-11-21-49-43-33-17-15-18-34(43)26-38-30-42(48(8,9)10)32-40(46(38)52-24-14-4)28-36-20-16-19-35(44(36)50-22-12-2)27-39-31-41(47(5,6)7)29-37(25-33)45(39)51-23-13-3/h15-20,29-32H,11-14,21-28H2,1-10H3. The Labute approximate surface area is 315 Å². The number of hydrogen-bond donors (Lipinski definition) is 0. The van der Waals surface area contributed by atoms with E-state index in [-0.39, 0.29) is 10.8 Å². The zero-order chi connectivity index (χ0) is 37.5. The summed E-state index contributed by atoms with van der Waals surface area (Å²) in [6, 6.07) is 22.9. The van der Waals surface area contributed by atoms with Gasteiger partial charge in [0.15, 0.2) is 0 Å². The van der Waals surface area contributed by atoms with E-state index < -0.39 is 0 Å². The summed E-state index contributed by atoms with van der Waals surface area (Å²) in [5.41, 5.74) is 12.1. The molecule has 4 heteroatoms. The Kier molecular flexibility index (Phi) is 13.1. The van der Waals surface area contributed by atoms with E-state index in [0.717, 1.165) is 48.7 Å². The Hall–Kier alpha value is -3.92. The Morgan fingerprint density at radius 3 is 0.827 bits per heavy atom. The average molecular weight is 705 g/mol. The Balaban J connectivity index is 1.87. The van der Waals surface area contributed by atoms with Crippen molar-refractivity contribution in [2.75, 3.05) is 26.4 Å². The van der Waals surface area contributed by atoms with Crippen LogP contribution in [0.5, 0.6) is 23.0 Å². The van der Waals surface area contributed by atoms with Gasteiger partial charge in [0.1, 0.15) is 23.0 Å². The molecular weight excluding hydrogens is 641 g/mol. The van der Waals surface area contributed by atoms with Gasteiger partial charge in [-0.25, -0.2) is 0 Å². The molecule has 280 valence electrons. The van der Waals surface area contributed by atoms with E-state index in [2.05, 4.69) is 130 Å². The molecular formula is C48H64O4. The third kappa shape index (κ3) is 9.35. The summed E-state index contributed by atoms with van der Waals surface area (Å²) in [6.45, 7) is 25.2. The molecule has 4 nitrogen and oxygen atoms in total. The topological polar surface area (TPSA) is 36.9 Å². The first kappa shape index (κ1) is 39.3. The second-order valence-electron chi connectivity index (χ2n) is 16.7. The van der Waals surface area contributed by atoms with Crippen LogP contribution in [0.15, 0.2) is 60.7 Å². The molecule has 0 radical (unpaired) electrons. The van der Waals surface area contributed by atoms with Gasteiger partial charge in [-0.2, -0.15) is 0 Å². The highest BCUT2D eigenvalue weighted by atomic mass is 16.5. The second-order valence-corrected chi connectivity index (χ2v) is 16.7. The van der Waals surface area contributed by atoms with E-state index >= 15 is 0 Å². The van der Waals surface area contributed by atoms with Crippen molar-refractivity contribution in [3.05, 3.63) is 116 Å². The van der Waals surface area contributed by atoms with Crippen molar-refractivity contribution in [3.63, 3.8) is 0 Å². The van der Waals surface area contributed by atoms with Gasteiger partial charge in [0.2, 0.25) is 0 Å². The number of para-hydroxylation sites is 2. The SMILES string of the molecule is CCCOc1c2cccc1Cc1cc(C(C)(C)C)cc(c1OCCC)Cc1cccc(c1OCCC)Cc1cc(C(C)(C)C)cc(c1OCCC)C2. The summed E-state index contributed by atoms with van der Waals surface area (Å²) in [7, 11) is 0. The summed E-state index contributed by atoms with van der Waals surface area (Å²) in [6.07, 6.45) is 6.63. The molecule has 0 saturated heterocycles. The van der Waals surface area contributed by atoms with Crippen molar-refractivity contribution in [2.24, 2.45) is 0 Å². The molecule has 1 aliphatic carbocycles. The molecule has 4 aromatic carbocycles. The molecule has 4 aromatic rings. The van der Waals surface area contributed by atoms with E-state index in [1.807, 2.05) is 0 Å². The van der Waals surface area contributed by atoms with E-state index in [1.54, 1.807) is 0 Å². The number of hydrogen-bond acceptors (Lipinski definition) is 4. The molecule has 0 heterocycles. The lowest BCUT2D eigenvalue weighted by molar-refractivity contribution is 0.304. The first-order valence-electron chi connectivity index (χ1n) is 19.9. The average Bonchev–Trinajstić information content (AvgIpc) is 3.09. The van der Waals surface area contributed by atoms with Gasteiger partial charge in [-0.15, -0.1) is 0 Å². The van der Waals surface area contributed by atoms with Crippen LogP contribution in [-0.4, -0.2) is 26.4 Å². The fraction of sp³-hybridized carbons (Fsp3) is 0.500. The molecule has 5 rings (SSSR count). The maximum Gasteiger partial charge on any atom is 0.126 e. The van der Waals surface area contributed by atoms with Crippen molar-refractivity contribution in [1.82, 2.24) is 0 Å². The number of fused-ring (bicyclic) bond motifs is 8. The van der Waals surface area contributed by atoms with Crippen LogP contribution < -0.4 is 18.9 Å². The van der Waals surface area contributed by atoms with Gasteiger partial charge < -0.3 is 18.9 Å². The minimum atomic E-state index is -0.0389. The highest BCUT2D eigenvalue weighted by Crippen LogP contribution is 2.42. The third-order valence-electron chi connectivity index (χ3n) is 9.90. The van der Waals surface area contributed by atoms with Gasteiger partial charge in [0, 0.05) is 25.7 Å². The van der Waals surface area contributed by atoms with Crippen molar-refractivity contribution < 1.29 is 18.9 Å². The Morgan fingerprint density at radius 2 is 0.615 bits per heavy atom. The molecule has 0 atom stereocenters. The van der Waals surface area contributed by atoms with E-state index in [9.17, 15) is 0 Å². The number of rotatable bonds is 12. The zero-order valence-electron chi connectivity index (χ0n) is 33.9. The van der Waals surface area contributed by atoms with E-state index in [1.165, 1.54) is 55.6 Å². The molecule has 0 aliphatic heterocycles. The maximum absolute atomic E-state index is 6.75.